The van der Waals surface area contributed by atoms with E-state index in [1.54, 1.807) is 0 Å². The van der Waals surface area contributed by atoms with Gasteiger partial charge in [0.05, 0.1) is 12.1 Å². The lowest BCUT2D eigenvalue weighted by molar-refractivity contribution is 0.0857. The van der Waals surface area contributed by atoms with Crippen molar-refractivity contribution in [2.75, 3.05) is 0 Å². The Morgan fingerprint density at radius 1 is 1.19 bits per heavy atom. The average Bonchev–Trinajstić information content (AvgIpc) is 2.78. The maximum Gasteiger partial charge on any atom is 0.252 e. The first kappa shape index (κ1) is 13.8. The van der Waals surface area contributed by atoms with Gasteiger partial charge in [-0.2, -0.15) is 0 Å². The highest BCUT2D eigenvalue weighted by atomic mass is 16.3. The number of benzene rings is 2. The molecule has 0 spiro atoms. The zero-order valence-corrected chi connectivity index (χ0v) is 12.3. The Balaban J connectivity index is 1.87. The van der Waals surface area contributed by atoms with Crippen LogP contribution in [-0.2, 0) is 6.42 Å². The van der Waals surface area contributed by atoms with Crippen LogP contribution in [0.1, 0.15) is 38.7 Å². The Bertz CT molecular complexity index is 693. The smallest absolute Gasteiger partial charge is 0.252 e. The average molecular weight is 281 g/mol. The van der Waals surface area contributed by atoms with E-state index in [9.17, 15) is 9.90 Å². The molecule has 21 heavy (non-hydrogen) atoms. The van der Waals surface area contributed by atoms with Gasteiger partial charge in [0.15, 0.2) is 0 Å². The number of amides is 1. The summed E-state index contributed by atoms with van der Waals surface area (Å²) in [6.45, 7) is 3.89. The minimum atomic E-state index is -0.559. The summed E-state index contributed by atoms with van der Waals surface area (Å²) in [5.74, 6) is -0.128. The number of carbonyl (C=O) groups is 1. The van der Waals surface area contributed by atoms with Crippen LogP contribution in [0.25, 0.3) is 0 Å². The number of hydrogen-bond donors (Lipinski definition) is 2. The first-order valence-corrected chi connectivity index (χ1v) is 7.20. The summed E-state index contributed by atoms with van der Waals surface area (Å²) in [4.78, 5) is 12.5. The van der Waals surface area contributed by atoms with Crippen molar-refractivity contribution in [1.82, 2.24) is 5.32 Å². The van der Waals surface area contributed by atoms with E-state index in [1.165, 1.54) is 0 Å². The number of aliphatic hydroxyl groups is 1. The third-order valence-corrected chi connectivity index (χ3v) is 4.13. The zero-order valence-electron chi connectivity index (χ0n) is 12.3. The molecule has 3 rings (SSSR count). The maximum absolute atomic E-state index is 12.5. The zero-order chi connectivity index (χ0) is 15.0. The highest BCUT2D eigenvalue weighted by Gasteiger charge is 2.32. The molecule has 1 aliphatic carbocycles. The number of aliphatic hydroxyl groups excluding tert-OH is 1. The number of aryl methyl sites for hydroxylation is 2. The molecule has 3 heteroatoms. The van der Waals surface area contributed by atoms with Gasteiger partial charge >= 0.3 is 0 Å². The van der Waals surface area contributed by atoms with Gasteiger partial charge in [0, 0.05) is 12.0 Å². The van der Waals surface area contributed by atoms with Crippen LogP contribution >= 0.6 is 0 Å². The lowest BCUT2D eigenvalue weighted by Gasteiger charge is -2.19. The fourth-order valence-corrected chi connectivity index (χ4v) is 2.95. The molecule has 0 heterocycles. The van der Waals surface area contributed by atoms with Gasteiger partial charge in [0.25, 0.3) is 5.91 Å². The van der Waals surface area contributed by atoms with Gasteiger partial charge < -0.3 is 10.4 Å². The van der Waals surface area contributed by atoms with Crippen molar-refractivity contribution in [1.29, 1.82) is 0 Å². The van der Waals surface area contributed by atoms with E-state index in [0.29, 0.717) is 12.0 Å². The number of fused-ring (bicyclic) bond motifs is 1. The SMILES string of the molecule is Cc1ccc(C)c(C(=O)N[C@@H]2c3ccccc3C[C@@H]2O)c1. The molecule has 0 fully saturated rings. The van der Waals surface area contributed by atoms with E-state index >= 15 is 0 Å². The van der Waals surface area contributed by atoms with E-state index < -0.39 is 6.10 Å². The van der Waals surface area contributed by atoms with E-state index in [1.807, 2.05) is 56.3 Å². The van der Waals surface area contributed by atoms with Crippen LogP contribution in [0, 0.1) is 13.8 Å². The molecule has 1 aliphatic rings. The molecule has 2 aromatic carbocycles. The van der Waals surface area contributed by atoms with Crippen LogP contribution in [0.15, 0.2) is 42.5 Å². The minimum Gasteiger partial charge on any atom is -0.390 e. The summed E-state index contributed by atoms with van der Waals surface area (Å²) in [7, 11) is 0. The molecule has 2 atom stereocenters. The number of carbonyl (C=O) groups excluding carboxylic acids is 1. The first-order chi connectivity index (χ1) is 10.1. The minimum absolute atomic E-state index is 0.128. The standard InChI is InChI=1S/C18H19NO2/c1-11-7-8-12(2)15(9-11)18(21)19-17-14-6-4-3-5-13(14)10-16(17)20/h3-9,16-17,20H,10H2,1-2H3,(H,19,21)/t16-,17+/m0/s1. The fraction of sp³-hybridized carbons (Fsp3) is 0.278. The molecule has 0 saturated heterocycles. The van der Waals surface area contributed by atoms with Crippen LogP contribution in [0.3, 0.4) is 0 Å². The number of nitrogens with one attached hydrogen (secondary N) is 1. The van der Waals surface area contributed by atoms with Crippen LogP contribution in [0.2, 0.25) is 0 Å². The molecule has 0 saturated carbocycles. The van der Waals surface area contributed by atoms with Crippen LogP contribution in [-0.4, -0.2) is 17.1 Å². The quantitative estimate of drug-likeness (QED) is 0.889. The van der Waals surface area contributed by atoms with Crippen molar-refractivity contribution in [3.8, 4) is 0 Å². The predicted molar refractivity (Wildman–Crippen MR) is 82.3 cm³/mol. The Morgan fingerprint density at radius 3 is 2.76 bits per heavy atom. The second kappa shape index (κ2) is 5.34. The van der Waals surface area contributed by atoms with Gasteiger partial charge in [-0.3, -0.25) is 4.79 Å². The molecule has 1 amide bonds. The highest BCUT2D eigenvalue weighted by molar-refractivity contribution is 5.96. The summed E-state index contributed by atoms with van der Waals surface area (Å²) in [6, 6.07) is 13.4. The van der Waals surface area contributed by atoms with Crippen molar-refractivity contribution in [2.24, 2.45) is 0 Å². The Kier molecular flexibility index (Phi) is 3.52. The Labute approximate surface area is 124 Å². The van der Waals surface area contributed by atoms with Gasteiger partial charge in [-0.25, -0.2) is 0 Å². The molecule has 0 aromatic heterocycles. The monoisotopic (exact) mass is 281 g/mol. The van der Waals surface area contributed by atoms with Crippen molar-refractivity contribution in [3.05, 3.63) is 70.3 Å². The summed E-state index contributed by atoms with van der Waals surface area (Å²) >= 11 is 0. The molecule has 3 nitrogen and oxygen atoms in total. The third-order valence-electron chi connectivity index (χ3n) is 4.13. The molecule has 0 bridgehead atoms. The lowest BCUT2D eigenvalue weighted by atomic mass is 10.0. The number of rotatable bonds is 2. The number of hydrogen-bond acceptors (Lipinski definition) is 2. The van der Waals surface area contributed by atoms with Gasteiger partial charge in [-0.1, -0.05) is 42.0 Å². The Morgan fingerprint density at radius 2 is 1.95 bits per heavy atom. The van der Waals surface area contributed by atoms with Crippen molar-refractivity contribution in [2.45, 2.75) is 32.4 Å². The summed E-state index contributed by atoms with van der Waals surface area (Å²) in [5.41, 5.74) is 4.79. The van der Waals surface area contributed by atoms with Crippen molar-refractivity contribution in [3.63, 3.8) is 0 Å². The van der Waals surface area contributed by atoms with Crippen LogP contribution in [0.4, 0.5) is 0 Å². The summed E-state index contributed by atoms with van der Waals surface area (Å²) in [5, 5.41) is 13.2. The van der Waals surface area contributed by atoms with E-state index in [0.717, 1.165) is 22.3 Å². The van der Waals surface area contributed by atoms with Crippen LogP contribution < -0.4 is 5.32 Å². The second-order valence-electron chi connectivity index (χ2n) is 5.74. The normalized spacial score (nSPS) is 20.1. The summed E-state index contributed by atoms with van der Waals surface area (Å²) < 4.78 is 0. The largest absolute Gasteiger partial charge is 0.390 e. The Hall–Kier alpha value is -2.13. The lowest BCUT2D eigenvalue weighted by Crippen LogP contribution is -2.34. The molecule has 0 aliphatic heterocycles. The molecule has 0 unspecified atom stereocenters. The van der Waals surface area contributed by atoms with E-state index in [4.69, 9.17) is 0 Å². The van der Waals surface area contributed by atoms with Crippen LogP contribution in [0.5, 0.6) is 0 Å². The first-order valence-electron chi connectivity index (χ1n) is 7.20. The second-order valence-corrected chi connectivity index (χ2v) is 5.74. The summed E-state index contributed by atoms with van der Waals surface area (Å²) in [6.07, 6.45) is 0.0324. The van der Waals surface area contributed by atoms with Gasteiger partial charge in [0.1, 0.15) is 0 Å². The van der Waals surface area contributed by atoms with E-state index in [-0.39, 0.29) is 11.9 Å². The topological polar surface area (TPSA) is 49.3 Å². The molecular weight excluding hydrogens is 262 g/mol. The third kappa shape index (κ3) is 2.57. The molecule has 2 aromatic rings. The maximum atomic E-state index is 12.5. The van der Waals surface area contributed by atoms with Gasteiger partial charge in [0.2, 0.25) is 0 Å². The molecule has 108 valence electrons. The molecule has 0 radical (unpaired) electrons. The van der Waals surface area contributed by atoms with Gasteiger partial charge in [-0.15, -0.1) is 0 Å². The molecular formula is C18H19NO2. The van der Waals surface area contributed by atoms with Gasteiger partial charge in [-0.05, 0) is 36.6 Å². The highest BCUT2D eigenvalue weighted by Crippen LogP contribution is 2.31. The molecule has 2 N–H and O–H groups in total. The van der Waals surface area contributed by atoms with Crippen molar-refractivity contribution >= 4 is 5.91 Å². The predicted octanol–water partition coefficient (Wildman–Crippen LogP) is 2.69. The van der Waals surface area contributed by atoms with Crippen molar-refractivity contribution < 1.29 is 9.90 Å². The van der Waals surface area contributed by atoms with E-state index in [2.05, 4.69) is 5.32 Å². The fourth-order valence-electron chi connectivity index (χ4n) is 2.95.